The van der Waals surface area contributed by atoms with E-state index in [1.807, 2.05) is 73.0 Å². The molecule has 21 heteroatoms. The summed E-state index contributed by atoms with van der Waals surface area (Å²) >= 11 is 1.57. The summed E-state index contributed by atoms with van der Waals surface area (Å²) < 4.78 is 18.4. The predicted octanol–water partition coefficient (Wildman–Crippen LogP) is 6.49. The number of halogens is 1. The monoisotopic (exact) mass is 1060 g/mol. The van der Waals surface area contributed by atoms with Crippen molar-refractivity contribution in [1.82, 2.24) is 54.9 Å². The van der Waals surface area contributed by atoms with E-state index in [0.29, 0.717) is 76.2 Å². The van der Waals surface area contributed by atoms with Crippen molar-refractivity contribution < 1.29 is 38.0 Å². The summed E-state index contributed by atoms with van der Waals surface area (Å²) in [6.45, 7) is 11.4. The van der Waals surface area contributed by atoms with Crippen LogP contribution in [0.3, 0.4) is 0 Å². The molecule has 76 heavy (non-hydrogen) atoms. The zero-order valence-corrected chi connectivity index (χ0v) is 44.4. The first kappa shape index (κ1) is 52.3. The number of unbranched alkanes of at least 4 members (excludes halogenated alkanes) is 3. The number of aromatic amines is 1. The van der Waals surface area contributed by atoms with Gasteiger partial charge in [-0.05, 0) is 67.3 Å². The van der Waals surface area contributed by atoms with Crippen molar-refractivity contribution >= 4 is 58.0 Å². The lowest BCUT2D eigenvalue weighted by Crippen LogP contribution is -2.75. The van der Waals surface area contributed by atoms with Gasteiger partial charge in [0.1, 0.15) is 17.9 Å². The summed E-state index contributed by atoms with van der Waals surface area (Å²) in [4.78, 5) is 87.5. The number of rotatable bonds is 18. The number of carbonyl (C=O) groups is 5. The maximum absolute atomic E-state index is 15.7. The topological polar surface area (TPSA) is 223 Å². The number of piperazine rings is 1. The molecule has 3 atom stereocenters. The number of likely N-dealkylation sites (tertiary alicyclic amines) is 1. The zero-order valence-electron chi connectivity index (χ0n) is 43.6. The molecule has 0 radical (unpaired) electrons. The number of fused-ring (bicyclic) bond motifs is 1. The predicted molar refractivity (Wildman–Crippen MR) is 284 cm³/mol. The van der Waals surface area contributed by atoms with Gasteiger partial charge < -0.3 is 30.9 Å². The maximum Gasteiger partial charge on any atom is 0.254 e. The van der Waals surface area contributed by atoms with Crippen molar-refractivity contribution in [3.8, 4) is 21.7 Å². The number of amides is 5. The zero-order chi connectivity index (χ0) is 53.3. The normalized spacial score (nSPS) is 18.7. The van der Waals surface area contributed by atoms with Crippen LogP contribution in [0.1, 0.15) is 112 Å². The lowest BCUT2D eigenvalue weighted by atomic mass is 9.85. The molecule has 1 saturated carbocycles. The average Bonchev–Trinajstić information content (AvgIpc) is 3.73. The molecule has 4 aliphatic rings. The maximum atomic E-state index is 15.7. The first-order valence-corrected chi connectivity index (χ1v) is 27.3. The number of aryl methyl sites for hydroxylation is 1. The molecule has 3 saturated heterocycles. The number of hydrogen-bond donors (Lipinski definition) is 5. The number of quaternary nitrogens is 1. The highest BCUT2D eigenvalue weighted by Gasteiger charge is 2.47. The van der Waals surface area contributed by atoms with Crippen LogP contribution in [-0.4, -0.2) is 148 Å². The lowest BCUT2D eigenvalue weighted by Gasteiger charge is -2.55. The number of thiazole rings is 1. The number of aromatic nitrogens is 6. The molecule has 6 aromatic rings. The van der Waals surface area contributed by atoms with Crippen LogP contribution in [0.5, 0.6) is 0 Å². The Labute approximate surface area is 444 Å². The molecule has 0 unspecified atom stereocenters. The number of nitrogens with zero attached hydrogens (tertiary/aromatic N) is 9. The van der Waals surface area contributed by atoms with Crippen LogP contribution in [0.25, 0.3) is 27.3 Å². The molecule has 400 valence electrons. The molecular formula is C55H67FN13O6S+. The fourth-order valence-electron chi connectivity index (χ4n) is 10.6. The van der Waals surface area contributed by atoms with Gasteiger partial charge in [-0.25, -0.2) is 24.2 Å². The van der Waals surface area contributed by atoms with Crippen LogP contribution in [0, 0.1) is 18.2 Å². The fraction of sp³-hybridized carbons (Fsp3) is 0.473. The Balaban J connectivity index is 0.628. The van der Waals surface area contributed by atoms with E-state index in [9.17, 15) is 29.1 Å². The van der Waals surface area contributed by atoms with Gasteiger partial charge in [-0.2, -0.15) is 5.10 Å². The summed E-state index contributed by atoms with van der Waals surface area (Å²) in [5.41, 5.74) is 7.68. The van der Waals surface area contributed by atoms with Crippen molar-refractivity contribution in [2.45, 2.75) is 116 Å². The van der Waals surface area contributed by atoms with Crippen LogP contribution in [0.2, 0.25) is 0 Å². The molecule has 7 heterocycles. The van der Waals surface area contributed by atoms with Gasteiger partial charge in [0.15, 0.2) is 24.8 Å². The third-order valence-corrected chi connectivity index (χ3v) is 16.3. The number of β-amino-alcohol motifs (C(OH)–C–C–N with tert-alkyl or cyclic N) is 1. The first-order chi connectivity index (χ1) is 36.5. The van der Waals surface area contributed by atoms with E-state index in [4.69, 9.17) is 4.98 Å². The molecule has 4 fully saturated rings. The summed E-state index contributed by atoms with van der Waals surface area (Å²) in [7, 11) is 0. The van der Waals surface area contributed by atoms with E-state index < -0.39 is 35.3 Å². The Morgan fingerprint density at radius 3 is 2.36 bits per heavy atom. The molecule has 1 spiro atoms. The number of carbonyl (C=O) groups excluding carboxylic acids is 5. The quantitative estimate of drug-likeness (QED) is 0.0462. The number of imidazole rings is 1. The number of hydrogen-bond acceptors (Lipinski definition) is 12. The van der Waals surface area contributed by atoms with Crippen molar-refractivity contribution in [2.75, 3.05) is 51.4 Å². The van der Waals surface area contributed by atoms with Crippen LogP contribution >= 0.6 is 11.3 Å². The van der Waals surface area contributed by atoms with Crippen LogP contribution < -0.4 is 16.0 Å². The smallest absolute Gasteiger partial charge is 0.254 e. The van der Waals surface area contributed by atoms with Gasteiger partial charge in [0.2, 0.25) is 23.6 Å². The number of H-pyrrole nitrogens is 1. The minimum Gasteiger partial charge on any atom is -0.391 e. The lowest BCUT2D eigenvalue weighted by molar-refractivity contribution is -0.993. The van der Waals surface area contributed by atoms with E-state index in [0.717, 1.165) is 68.8 Å². The minimum atomic E-state index is -0.907. The van der Waals surface area contributed by atoms with E-state index in [-0.39, 0.29) is 60.8 Å². The van der Waals surface area contributed by atoms with Crippen molar-refractivity contribution in [1.29, 1.82) is 0 Å². The number of aliphatic hydroxyl groups is 1. The Morgan fingerprint density at radius 1 is 0.934 bits per heavy atom. The van der Waals surface area contributed by atoms with Crippen molar-refractivity contribution in [3.05, 3.63) is 101 Å². The summed E-state index contributed by atoms with van der Waals surface area (Å²) in [6, 6.07) is 10.6. The van der Waals surface area contributed by atoms with Crippen LogP contribution in [0.15, 0.2) is 72.8 Å². The number of nitrogens with one attached hydrogen (secondary N) is 4. The Kier molecular flexibility index (Phi) is 15.1. The Hall–Kier alpha value is -7.10. The molecular weight excluding hydrogens is 990 g/mol. The molecule has 2 aromatic carbocycles. The fourth-order valence-corrected chi connectivity index (χ4v) is 11.4. The van der Waals surface area contributed by atoms with E-state index >= 15 is 4.39 Å². The molecule has 10 rings (SSSR count). The molecule has 0 bridgehead atoms. The van der Waals surface area contributed by atoms with Crippen molar-refractivity contribution in [3.63, 3.8) is 0 Å². The number of aliphatic hydroxyl groups excluding tert-OH is 1. The van der Waals surface area contributed by atoms with Gasteiger partial charge in [0, 0.05) is 61.8 Å². The second kappa shape index (κ2) is 21.9. The van der Waals surface area contributed by atoms with E-state index in [1.165, 1.54) is 11.0 Å². The molecule has 3 aliphatic heterocycles. The van der Waals surface area contributed by atoms with Gasteiger partial charge in [0.05, 0.1) is 77.8 Å². The molecule has 4 aromatic heterocycles. The molecule has 19 nitrogen and oxygen atoms in total. The third kappa shape index (κ3) is 11.5. The number of benzene rings is 2. The highest BCUT2D eigenvalue weighted by atomic mass is 32.1. The van der Waals surface area contributed by atoms with Crippen molar-refractivity contribution in [2.24, 2.45) is 5.41 Å². The highest BCUT2D eigenvalue weighted by Crippen LogP contribution is 2.41. The van der Waals surface area contributed by atoms with E-state index in [2.05, 4.69) is 36.1 Å². The Morgan fingerprint density at radius 2 is 1.68 bits per heavy atom. The molecule has 5 amide bonds. The van der Waals surface area contributed by atoms with Gasteiger partial charge in [-0.15, -0.1) is 11.3 Å². The Bertz CT molecular complexity index is 3100. The largest absolute Gasteiger partial charge is 0.391 e. The molecule has 1 aliphatic carbocycles. The van der Waals surface area contributed by atoms with Gasteiger partial charge >= 0.3 is 0 Å². The summed E-state index contributed by atoms with van der Waals surface area (Å²) in [5.74, 6) is -0.969. The number of anilines is 2. The van der Waals surface area contributed by atoms with Crippen LogP contribution in [-0.2, 0) is 25.7 Å². The average molecular weight is 1060 g/mol. The van der Waals surface area contributed by atoms with E-state index in [1.54, 1.807) is 47.0 Å². The van der Waals surface area contributed by atoms with Gasteiger partial charge in [-0.3, -0.25) is 38.0 Å². The molecule has 5 N–H and O–H groups in total. The second-order valence-corrected chi connectivity index (χ2v) is 22.9. The summed E-state index contributed by atoms with van der Waals surface area (Å²) in [6.07, 6.45) is 12.0. The highest BCUT2D eigenvalue weighted by molar-refractivity contribution is 7.13. The third-order valence-electron chi connectivity index (χ3n) is 15.3. The van der Waals surface area contributed by atoms with Gasteiger partial charge in [-0.1, -0.05) is 57.9 Å². The van der Waals surface area contributed by atoms with Gasteiger partial charge in [0.25, 0.3) is 5.91 Å². The van der Waals surface area contributed by atoms with Crippen LogP contribution in [0.4, 0.5) is 15.9 Å². The SMILES string of the molecule is Cc1ncsc1-c1ccc(CNC(=O)[C@@H]2C[C@@H](O)CN2C(=O)[C@@H](NC(=O)CCCCCCC(=O)N2C[N+]3(CCN(C(=O)c4ccc(Nc5nc(C6CC6)cn6c(-c7cn[nH]c7)cnc56)c(F)c4)CC3)C2)C(C)(C)C)cc1. The standard InChI is InChI=1S/C55H66FN13O6S/c1-34-48(76-31-59-34)37-13-11-35(12-14-37)25-58-52(73)44-24-40(70)29-68(44)54(75)49(55(2,3)4)64-46(71)9-7-5-6-8-10-47(72)66-32-69(33-66)21-19-65(20-22-69)53(74)38-17-18-42(41(56)23-38)62-50-51-57-28-45(39-26-60-61-27-39)67(51)30-43(63-50)36-15-16-36/h11-14,17-18,23,26-28,30-31,36,40,44,49,70H,5-10,15-16,19-22,24-25,29,32-33H2,1-4H3,(H3-,58,60,61,62,63,64,71,73,74)/p+1/t40-,44+,49-/m1/s1. The minimum absolute atomic E-state index is 0.00121. The first-order valence-electron chi connectivity index (χ1n) is 26.4. The summed E-state index contributed by atoms with van der Waals surface area (Å²) in [5, 5.41) is 26.6. The second-order valence-electron chi connectivity index (χ2n) is 22.1.